The smallest absolute Gasteiger partial charge is 0.339 e. The predicted octanol–water partition coefficient (Wildman–Crippen LogP) is 4.58. The highest BCUT2D eigenvalue weighted by atomic mass is 32.2. The predicted molar refractivity (Wildman–Crippen MR) is 122 cm³/mol. The Morgan fingerprint density at radius 3 is 2.18 bits per heavy atom. The van der Waals surface area contributed by atoms with Gasteiger partial charge in [0.15, 0.2) is 0 Å². The molecule has 0 bridgehead atoms. The van der Waals surface area contributed by atoms with Crippen LogP contribution in [-0.4, -0.2) is 21.1 Å². The maximum Gasteiger partial charge on any atom is 0.339 e. The maximum atomic E-state index is 13.3. The van der Waals surface area contributed by atoms with Crippen LogP contribution in [0, 0.1) is 5.82 Å². The zero-order valence-electron chi connectivity index (χ0n) is 17.7. The molecule has 0 radical (unpaired) electrons. The Balaban J connectivity index is 1.61. The minimum atomic E-state index is -4.20. The zero-order chi connectivity index (χ0) is 24.2. The Bertz CT molecular complexity index is 1450. The first-order valence-corrected chi connectivity index (χ1v) is 13.0. The summed E-state index contributed by atoms with van der Waals surface area (Å²) in [7, 11) is -8.09. The summed E-state index contributed by atoms with van der Waals surface area (Å²) in [4.78, 5) is -0.0850. The van der Waals surface area contributed by atoms with Crippen LogP contribution >= 0.6 is 0 Å². The molecule has 176 valence electrons. The van der Waals surface area contributed by atoms with E-state index in [9.17, 15) is 21.2 Å². The lowest BCUT2D eigenvalue weighted by Crippen LogP contribution is -2.30. The average Bonchev–Trinajstić information content (AvgIpc) is 3.33. The monoisotopic (exact) mass is 501 g/mol. The lowest BCUT2D eigenvalue weighted by atomic mass is 10.2. The maximum absolute atomic E-state index is 13.3. The Labute approximate surface area is 197 Å². The van der Waals surface area contributed by atoms with Crippen LogP contribution in [-0.2, 0) is 33.2 Å². The standard InChI is InChI=1S/C24H20FNO6S2/c25-20-11-13-24(14-12-20)34(29,30)32-21-7-4-6-19(16-21)17-26(18-22-8-5-15-31-22)33(27,28)23-9-2-1-3-10-23/h1-16H,17-18H2. The van der Waals surface area contributed by atoms with Gasteiger partial charge >= 0.3 is 10.1 Å². The number of furan rings is 1. The SMILES string of the molecule is O=S(=O)(Oc1cccc(CN(Cc2ccco2)S(=O)(=O)c2ccccc2)c1)c1ccc(F)cc1. The van der Waals surface area contributed by atoms with Crippen LogP contribution in [0.4, 0.5) is 4.39 Å². The van der Waals surface area contributed by atoms with Gasteiger partial charge in [-0.2, -0.15) is 12.7 Å². The Hall–Kier alpha value is -3.47. The van der Waals surface area contributed by atoms with Crippen molar-refractivity contribution < 1.29 is 29.8 Å². The van der Waals surface area contributed by atoms with Crippen molar-refractivity contribution in [3.8, 4) is 5.75 Å². The van der Waals surface area contributed by atoms with Gasteiger partial charge in [-0.3, -0.25) is 0 Å². The molecule has 1 heterocycles. The van der Waals surface area contributed by atoms with E-state index >= 15 is 0 Å². The summed E-state index contributed by atoms with van der Waals surface area (Å²) in [6.07, 6.45) is 1.46. The van der Waals surface area contributed by atoms with E-state index in [4.69, 9.17) is 8.60 Å². The number of halogens is 1. The van der Waals surface area contributed by atoms with E-state index in [2.05, 4.69) is 0 Å². The lowest BCUT2D eigenvalue weighted by Gasteiger charge is -2.21. The fourth-order valence-electron chi connectivity index (χ4n) is 3.22. The topological polar surface area (TPSA) is 93.9 Å². The molecule has 7 nitrogen and oxygen atoms in total. The van der Waals surface area contributed by atoms with E-state index in [1.807, 2.05) is 0 Å². The highest BCUT2D eigenvalue weighted by Crippen LogP contribution is 2.24. The largest absolute Gasteiger partial charge is 0.468 e. The van der Waals surface area contributed by atoms with Crippen molar-refractivity contribution in [2.45, 2.75) is 22.9 Å². The summed E-state index contributed by atoms with van der Waals surface area (Å²) >= 11 is 0. The third-order valence-electron chi connectivity index (χ3n) is 4.86. The zero-order valence-corrected chi connectivity index (χ0v) is 19.4. The van der Waals surface area contributed by atoms with E-state index in [1.54, 1.807) is 42.5 Å². The van der Waals surface area contributed by atoms with Crippen molar-refractivity contribution in [3.05, 3.63) is 114 Å². The number of rotatable bonds is 9. The molecule has 34 heavy (non-hydrogen) atoms. The molecule has 3 aromatic carbocycles. The quantitative estimate of drug-likeness (QED) is 0.312. The number of nitrogens with zero attached hydrogens (tertiary/aromatic N) is 1. The van der Waals surface area contributed by atoms with Crippen molar-refractivity contribution in [2.24, 2.45) is 0 Å². The first kappa shape index (κ1) is 23.7. The molecule has 0 aliphatic heterocycles. The van der Waals surface area contributed by atoms with Crippen molar-refractivity contribution in [1.82, 2.24) is 4.31 Å². The number of sulfonamides is 1. The van der Waals surface area contributed by atoms with E-state index in [0.717, 1.165) is 24.3 Å². The van der Waals surface area contributed by atoms with E-state index in [1.165, 1.54) is 34.8 Å². The molecule has 0 spiro atoms. The second-order valence-electron chi connectivity index (χ2n) is 7.30. The first-order valence-electron chi connectivity index (χ1n) is 10.1. The van der Waals surface area contributed by atoms with Gasteiger partial charge in [0.25, 0.3) is 0 Å². The Kier molecular flexibility index (Phi) is 6.82. The van der Waals surface area contributed by atoms with E-state index in [0.29, 0.717) is 11.3 Å². The highest BCUT2D eigenvalue weighted by molar-refractivity contribution is 7.89. The lowest BCUT2D eigenvalue weighted by molar-refractivity contribution is 0.358. The van der Waals surface area contributed by atoms with Crippen LogP contribution in [0.2, 0.25) is 0 Å². The molecule has 0 unspecified atom stereocenters. The van der Waals surface area contributed by atoms with Crippen LogP contribution in [0.25, 0.3) is 0 Å². The van der Waals surface area contributed by atoms with Crippen molar-refractivity contribution >= 4 is 20.1 Å². The summed E-state index contributed by atoms with van der Waals surface area (Å²) in [5.41, 5.74) is 0.498. The van der Waals surface area contributed by atoms with E-state index in [-0.39, 0.29) is 28.6 Å². The van der Waals surface area contributed by atoms with Crippen molar-refractivity contribution in [3.63, 3.8) is 0 Å². The molecule has 4 aromatic rings. The van der Waals surface area contributed by atoms with Gasteiger partial charge in [0.05, 0.1) is 17.7 Å². The summed E-state index contributed by atoms with van der Waals surface area (Å²) in [5, 5.41) is 0. The molecule has 10 heteroatoms. The van der Waals surface area contributed by atoms with Gasteiger partial charge < -0.3 is 8.60 Å². The highest BCUT2D eigenvalue weighted by Gasteiger charge is 2.26. The van der Waals surface area contributed by atoms with Gasteiger partial charge in [-0.1, -0.05) is 30.3 Å². The molecule has 0 aliphatic carbocycles. The number of benzene rings is 3. The minimum absolute atomic E-state index is 0.00289. The first-order chi connectivity index (χ1) is 16.2. The van der Waals surface area contributed by atoms with Crippen molar-refractivity contribution in [1.29, 1.82) is 0 Å². The van der Waals surface area contributed by atoms with Gasteiger partial charge in [0.2, 0.25) is 10.0 Å². The fourth-order valence-corrected chi connectivity index (χ4v) is 5.56. The average molecular weight is 502 g/mol. The van der Waals surface area contributed by atoms with Crippen molar-refractivity contribution in [2.75, 3.05) is 0 Å². The second kappa shape index (κ2) is 9.80. The van der Waals surface area contributed by atoms with Gasteiger partial charge in [-0.15, -0.1) is 0 Å². The summed E-state index contributed by atoms with van der Waals surface area (Å²) in [6, 6.07) is 21.7. The molecule has 0 amide bonds. The molecule has 0 saturated heterocycles. The van der Waals surface area contributed by atoms with Crippen LogP contribution in [0.5, 0.6) is 5.75 Å². The Morgan fingerprint density at radius 1 is 0.765 bits per heavy atom. The summed E-state index contributed by atoms with van der Waals surface area (Å²) < 4.78 is 76.6. The van der Waals surface area contributed by atoms with Gasteiger partial charge in [-0.05, 0) is 66.2 Å². The molecule has 0 saturated carbocycles. The number of hydrogen-bond donors (Lipinski definition) is 0. The van der Waals surface area contributed by atoms with Crippen LogP contribution in [0.15, 0.2) is 111 Å². The van der Waals surface area contributed by atoms with Crippen LogP contribution < -0.4 is 4.18 Å². The fraction of sp³-hybridized carbons (Fsp3) is 0.0833. The molecular formula is C24H20FNO6S2. The second-order valence-corrected chi connectivity index (χ2v) is 10.8. The van der Waals surface area contributed by atoms with Crippen LogP contribution in [0.3, 0.4) is 0 Å². The van der Waals surface area contributed by atoms with Gasteiger partial charge in [0, 0.05) is 6.54 Å². The Morgan fingerprint density at radius 2 is 1.50 bits per heavy atom. The number of hydrogen-bond acceptors (Lipinski definition) is 6. The molecule has 0 atom stereocenters. The van der Waals surface area contributed by atoms with Gasteiger partial charge in [-0.25, -0.2) is 12.8 Å². The third-order valence-corrected chi connectivity index (χ3v) is 7.93. The normalized spacial score (nSPS) is 12.1. The minimum Gasteiger partial charge on any atom is -0.468 e. The van der Waals surface area contributed by atoms with E-state index < -0.39 is 26.0 Å². The molecular weight excluding hydrogens is 481 g/mol. The summed E-state index contributed by atoms with van der Waals surface area (Å²) in [5.74, 6) is -0.125. The third kappa shape index (κ3) is 5.53. The molecule has 1 aromatic heterocycles. The van der Waals surface area contributed by atoms with Gasteiger partial charge in [0.1, 0.15) is 22.2 Å². The van der Waals surface area contributed by atoms with Crippen LogP contribution in [0.1, 0.15) is 11.3 Å². The molecule has 4 rings (SSSR count). The molecule has 0 N–H and O–H groups in total. The molecule has 0 fully saturated rings. The molecule has 0 aliphatic rings. The summed E-state index contributed by atoms with van der Waals surface area (Å²) in [6.45, 7) is -0.0884.